The molecule has 9 heteroatoms. The molecule has 0 aliphatic carbocycles. The number of amides is 2. The first kappa shape index (κ1) is 22.5. The molecule has 1 atom stereocenters. The Labute approximate surface area is 192 Å². The van der Waals surface area contributed by atoms with Crippen LogP contribution in [0.4, 0.5) is 14.6 Å². The van der Waals surface area contributed by atoms with Gasteiger partial charge < -0.3 is 10.6 Å². The standard InChI is InChI=1S/C24H20F2N4O2S/c1-13(2)21(30-22(31)20-15(25)6-5-7-16(20)26)23(32)29-19-11-10-14(12-27-19)24-28-17-8-3-4-9-18(17)33-24/h3-13,21H,1-2H3,(H,30,31)(H,27,29,32). The van der Waals surface area contributed by atoms with Crippen molar-refractivity contribution in [1.29, 1.82) is 0 Å². The van der Waals surface area contributed by atoms with Crippen molar-refractivity contribution in [3.8, 4) is 10.6 Å². The fourth-order valence-electron chi connectivity index (χ4n) is 3.26. The van der Waals surface area contributed by atoms with Crippen LogP contribution in [0, 0.1) is 17.6 Å². The Kier molecular flexibility index (Phi) is 6.41. The highest BCUT2D eigenvalue weighted by Gasteiger charge is 2.27. The zero-order valence-corrected chi connectivity index (χ0v) is 18.6. The number of nitrogens with zero attached hydrogens (tertiary/aromatic N) is 2. The molecule has 0 aliphatic heterocycles. The molecular weight excluding hydrogens is 446 g/mol. The minimum atomic E-state index is -1.03. The quantitative estimate of drug-likeness (QED) is 0.418. The van der Waals surface area contributed by atoms with Crippen LogP contribution in [-0.4, -0.2) is 27.8 Å². The highest BCUT2D eigenvalue weighted by atomic mass is 32.1. The fourth-order valence-corrected chi connectivity index (χ4v) is 4.21. The van der Waals surface area contributed by atoms with Crippen molar-refractivity contribution in [3.63, 3.8) is 0 Å². The number of benzene rings is 2. The molecule has 0 fully saturated rings. The number of carbonyl (C=O) groups is 2. The maximum atomic E-state index is 13.9. The summed E-state index contributed by atoms with van der Waals surface area (Å²) in [6.45, 7) is 3.43. The lowest BCUT2D eigenvalue weighted by molar-refractivity contribution is -0.118. The monoisotopic (exact) mass is 466 g/mol. The van der Waals surface area contributed by atoms with Gasteiger partial charge in [0.15, 0.2) is 0 Å². The Morgan fingerprint density at radius 1 is 0.970 bits per heavy atom. The molecule has 2 heterocycles. The summed E-state index contributed by atoms with van der Waals surface area (Å²) < 4.78 is 28.9. The number of para-hydroxylation sites is 1. The first-order chi connectivity index (χ1) is 15.8. The Balaban J connectivity index is 1.47. The van der Waals surface area contributed by atoms with Crippen molar-refractivity contribution in [1.82, 2.24) is 15.3 Å². The molecule has 1 unspecified atom stereocenters. The third-order valence-electron chi connectivity index (χ3n) is 4.98. The Morgan fingerprint density at radius 3 is 2.33 bits per heavy atom. The Bertz CT molecular complexity index is 1270. The van der Waals surface area contributed by atoms with E-state index in [0.29, 0.717) is 0 Å². The predicted octanol–water partition coefficient (Wildman–Crippen LogP) is 5.03. The van der Waals surface area contributed by atoms with E-state index >= 15 is 0 Å². The van der Waals surface area contributed by atoms with Gasteiger partial charge in [0, 0.05) is 11.8 Å². The number of fused-ring (bicyclic) bond motifs is 1. The van der Waals surface area contributed by atoms with Gasteiger partial charge >= 0.3 is 0 Å². The third kappa shape index (κ3) is 4.88. The molecule has 2 amide bonds. The maximum Gasteiger partial charge on any atom is 0.257 e. The minimum Gasteiger partial charge on any atom is -0.340 e. The molecule has 0 bridgehead atoms. The average Bonchev–Trinajstić information content (AvgIpc) is 3.22. The molecule has 168 valence electrons. The number of pyridine rings is 1. The van der Waals surface area contributed by atoms with E-state index in [9.17, 15) is 18.4 Å². The van der Waals surface area contributed by atoms with Crippen LogP contribution in [0.2, 0.25) is 0 Å². The Morgan fingerprint density at radius 2 is 1.70 bits per heavy atom. The number of halogens is 2. The van der Waals surface area contributed by atoms with Gasteiger partial charge in [-0.25, -0.2) is 18.7 Å². The number of rotatable bonds is 6. The third-order valence-corrected chi connectivity index (χ3v) is 6.07. The molecule has 2 aromatic heterocycles. The lowest BCUT2D eigenvalue weighted by Gasteiger charge is -2.21. The molecular formula is C24H20F2N4O2S. The van der Waals surface area contributed by atoms with Crippen molar-refractivity contribution in [2.24, 2.45) is 5.92 Å². The largest absolute Gasteiger partial charge is 0.340 e. The lowest BCUT2D eigenvalue weighted by Crippen LogP contribution is -2.47. The van der Waals surface area contributed by atoms with Gasteiger partial charge in [-0.1, -0.05) is 32.0 Å². The molecule has 4 rings (SSSR count). The van der Waals surface area contributed by atoms with Crippen molar-refractivity contribution in [2.45, 2.75) is 19.9 Å². The zero-order chi connectivity index (χ0) is 23.5. The van der Waals surface area contributed by atoms with Gasteiger partial charge in [0.2, 0.25) is 5.91 Å². The normalized spacial score (nSPS) is 12.0. The number of thiazole rings is 1. The van der Waals surface area contributed by atoms with E-state index in [0.717, 1.165) is 39.0 Å². The average molecular weight is 467 g/mol. The van der Waals surface area contributed by atoms with Crippen LogP contribution in [0.25, 0.3) is 20.8 Å². The van der Waals surface area contributed by atoms with E-state index < -0.39 is 35.1 Å². The summed E-state index contributed by atoms with van der Waals surface area (Å²) in [5.74, 6) is -3.60. The summed E-state index contributed by atoms with van der Waals surface area (Å²) in [6.07, 6.45) is 1.60. The molecule has 0 aliphatic rings. The summed E-state index contributed by atoms with van der Waals surface area (Å²) >= 11 is 1.54. The maximum absolute atomic E-state index is 13.9. The van der Waals surface area contributed by atoms with Crippen LogP contribution >= 0.6 is 11.3 Å². The van der Waals surface area contributed by atoms with Crippen molar-refractivity contribution >= 4 is 39.2 Å². The first-order valence-corrected chi connectivity index (χ1v) is 11.0. The number of aromatic nitrogens is 2. The molecule has 2 N–H and O–H groups in total. The first-order valence-electron chi connectivity index (χ1n) is 10.2. The second kappa shape index (κ2) is 9.41. The summed E-state index contributed by atoms with van der Waals surface area (Å²) in [4.78, 5) is 34.1. The van der Waals surface area contributed by atoms with Crippen LogP contribution in [-0.2, 0) is 4.79 Å². The molecule has 0 saturated carbocycles. The summed E-state index contributed by atoms with van der Waals surface area (Å²) in [5, 5.41) is 5.87. The van der Waals surface area contributed by atoms with Gasteiger partial charge in [0.25, 0.3) is 5.91 Å². The number of carbonyl (C=O) groups excluding carboxylic acids is 2. The molecule has 4 aromatic rings. The topological polar surface area (TPSA) is 84.0 Å². The SMILES string of the molecule is CC(C)C(NC(=O)c1c(F)cccc1F)C(=O)Nc1ccc(-c2nc3ccccc3s2)cn1. The summed E-state index contributed by atoms with van der Waals surface area (Å²) in [5.41, 5.74) is 0.976. The van der Waals surface area contributed by atoms with Crippen LogP contribution in [0.3, 0.4) is 0 Å². The van der Waals surface area contributed by atoms with Crippen LogP contribution in [0.15, 0.2) is 60.8 Å². The van der Waals surface area contributed by atoms with Gasteiger partial charge in [-0.05, 0) is 42.3 Å². The Hall–Kier alpha value is -3.72. The summed E-state index contributed by atoms with van der Waals surface area (Å²) in [7, 11) is 0. The highest BCUT2D eigenvalue weighted by Crippen LogP contribution is 2.29. The molecule has 0 radical (unpaired) electrons. The second-order valence-electron chi connectivity index (χ2n) is 7.70. The number of nitrogens with one attached hydrogen (secondary N) is 2. The van der Waals surface area contributed by atoms with Crippen LogP contribution in [0.1, 0.15) is 24.2 Å². The molecule has 0 spiro atoms. The second-order valence-corrected chi connectivity index (χ2v) is 8.73. The highest BCUT2D eigenvalue weighted by molar-refractivity contribution is 7.21. The van der Waals surface area contributed by atoms with Gasteiger partial charge in [-0.15, -0.1) is 11.3 Å². The van der Waals surface area contributed by atoms with E-state index in [1.165, 1.54) is 11.3 Å². The minimum absolute atomic E-state index is 0.279. The molecule has 33 heavy (non-hydrogen) atoms. The van der Waals surface area contributed by atoms with Crippen LogP contribution < -0.4 is 10.6 Å². The van der Waals surface area contributed by atoms with Gasteiger partial charge in [0.1, 0.15) is 34.1 Å². The van der Waals surface area contributed by atoms with Crippen molar-refractivity contribution < 1.29 is 18.4 Å². The van der Waals surface area contributed by atoms with E-state index in [1.807, 2.05) is 24.3 Å². The lowest BCUT2D eigenvalue weighted by atomic mass is 10.0. The van der Waals surface area contributed by atoms with Gasteiger partial charge in [-0.3, -0.25) is 9.59 Å². The van der Waals surface area contributed by atoms with E-state index in [-0.39, 0.29) is 11.7 Å². The fraction of sp³-hybridized carbons (Fsp3) is 0.167. The van der Waals surface area contributed by atoms with E-state index in [1.54, 1.807) is 32.2 Å². The smallest absolute Gasteiger partial charge is 0.257 e. The van der Waals surface area contributed by atoms with Crippen molar-refractivity contribution in [3.05, 3.63) is 78.0 Å². The van der Waals surface area contributed by atoms with E-state index in [4.69, 9.17) is 0 Å². The zero-order valence-electron chi connectivity index (χ0n) is 17.8. The molecule has 0 saturated heterocycles. The molecule has 6 nitrogen and oxygen atoms in total. The number of hydrogen-bond donors (Lipinski definition) is 2. The number of anilines is 1. The van der Waals surface area contributed by atoms with Crippen LogP contribution in [0.5, 0.6) is 0 Å². The predicted molar refractivity (Wildman–Crippen MR) is 124 cm³/mol. The van der Waals surface area contributed by atoms with Gasteiger partial charge in [0.05, 0.1) is 10.2 Å². The number of hydrogen-bond acceptors (Lipinski definition) is 5. The summed E-state index contributed by atoms with van der Waals surface area (Å²) in [6, 6.07) is 13.3. The van der Waals surface area contributed by atoms with Gasteiger partial charge in [-0.2, -0.15) is 0 Å². The molecule has 2 aromatic carbocycles. The van der Waals surface area contributed by atoms with Crippen molar-refractivity contribution in [2.75, 3.05) is 5.32 Å². The van der Waals surface area contributed by atoms with E-state index in [2.05, 4.69) is 20.6 Å².